The van der Waals surface area contributed by atoms with Crippen LogP contribution < -0.4 is 14.9 Å². The van der Waals surface area contributed by atoms with Gasteiger partial charge in [0, 0.05) is 61.8 Å². The van der Waals surface area contributed by atoms with E-state index in [0.29, 0.717) is 36.8 Å². The molecule has 1 unspecified atom stereocenters. The molecule has 186 valence electrons. The Labute approximate surface area is 203 Å². The third-order valence-corrected chi connectivity index (χ3v) is 6.49. The predicted molar refractivity (Wildman–Crippen MR) is 130 cm³/mol. The average Bonchev–Trinajstić information content (AvgIpc) is 3.33. The number of benzene rings is 1. The normalized spacial score (nSPS) is 14.8. The van der Waals surface area contributed by atoms with Gasteiger partial charge in [-0.15, -0.1) is 0 Å². The first kappa shape index (κ1) is 24.5. The molecule has 4 rings (SSSR count). The van der Waals surface area contributed by atoms with Crippen LogP contribution >= 0.6 is 0 Å². The molecule has 1 aromatic carbocycles. The quantitative estimate of drug-likeness (QED) is 0.441. The van der Waals surface area contributed by atoms with Gasteiger partial charge >= 0.3 is 5.97 Å². The zero-order valence-electron chi connectivity index (χ0n) is 20.5. The summed E-state index contributed by atoms with van der Waals surface area (Å²) in [6.45, 7) is 5.85. The number of methoxy groups -OCH3 is 2. The first-order valence-electron chi connectivity index (χ1n) is 11.5. The number of hydrogen-bond acceptors (Lipinski definition) is 6. The van der Waals surface area contributed by atoms with E-state index >= 15 is 0 Å². The Hall–Kier alpha value is -3.59. The molecule has 35 heavy (non-hydrogen) atoms. The van der Waals surface area contributed by atoms with Gasteiger partial charge in [-0.2, -0.15) is 5.10 Å². The van der Waals surface area contributed by atoms with Crippen LogP contribution in [0.5, 0.6) is 11.5 Å². The fourth-order valence-corrected chi connectivity index (χ4v) is 4.73. The summed E-state index contributed by atoms with van der Waals surface area (Å²) < 4.78 is 20.9. The summed E-state index contributed by atoms with van der Waals surface area (Å²) in [6, 6.07) is 6.99. The maximum atomic E-state index is 12.6. The highest BCUT2D eigenvalue weighted by Crippen LogP contribution is 2.46. The predicted octanol–water partition coefficient (Wildman–Crippen LogP) is 3.66. The topological polar surface area (TPSA) is 105 Å². The lowest BCUT2D eigenvalue weighted by atomic mass is 9.77. The van der Waals surface area contributed by atoms with Crippen LogP contribution in [0.15, 0.2) is 47.7 Å². The Morgan fingerprint density at radius 3 is 2.69 bits per heavy atom. The van der Waals surface area contributed by atoms with Crippen molar-refractivity contribution in [1.29, 1.82) is 0 Å². The molecule has 0 aliphatic carbocycles. The molecule has 1 aliphatic rings. The Morgan fingerprint density at radius 2 is 2.03 bits per heavy atom. The van der Waals surface area contributed by atoms with Gasteiger partial charge in [-0.1, -0.05) is 13.8 Å². The Morgan fingerprint density at radius 1 is 1.23 bits per heavy atom. The summed E-state index contributed by atoms with van der Waals surface area (Å²) in [5.41, 5.74) is 1.36. The SMILES string of the molecule is COCC(C)(C)C1Cc2cc(OCCCn3cccn3)c(OC)cc2-c2cc(=O)c(C(=O)O)cn21. The van der Waals surface area contributed by atoms with E-state index in [1.807, 2.05) is 33.6 Å². The van der Waals surface area contributed by atoms with E-state index in [2.05, 4.69) is 18.9 Å². The van der Waals surface area contributed by atoms with E-state index in [1.54, 1.807) is 20.4 Å². The van der Waals surface area contributed by atoms with Gasteiger partial charge in [-0.3, -0.25) is 9.48 Å². The maximum Gasteiger partial charge on any atom is 0.341 e. The largest absolute Gasteiger partial charge is 0.493 e. The minimum atomic E-state index is -1.24. The summed E-state index contributed by atoms with van der Waals surface area (Å²) >= 11 is 0. The van der Waals surface area contributed by atoms with E-state index in [1.165, 1.54) is 12.3 Å². The Kier molecular flexibility index (Phi) is 6.98. The molecule has 0 spiro atoms. The second kappa shape index (κ2) is 9.95. The van der Waals surface area contributed by atoms with Gasteiger partial charge in [0.15, 0.2) is 16.9 Å². The van der Waals surface area contributed by atoms with Gasteiger partial charge in [0.2, 0.25) is 0 Å². The molecule has 0 fully saturated rings. The molecular formula is C26H31N3O6. The minimum Gasteiger partial charge on any atom is -0.493 e. The number of carbonyl (C=O) groups is 1. The summed E-state index contributed by atoms with van der Waals surface area (Å²) in [7, 11) is 3.22. The molecule has 0 radical (unpaired) electrons. The Bertz CT molecular complexity index is 1260. The highest BCUT2D eigenvalue weighted by Gasteiger charge is 2.37. The monoisotopic (exact) mass is 481 g/mol. The van der Waals surface area contributed by atoms with Crippen molar-refractivity contribution in [2.24, 2.45) is 5.41 Å². The maximum absolute atomic E-state index is 12.6. The van der Waals surface area contributed by atoms with Crippen LogP contribution in [0, 0.1) is 5.41 Å². The van der Waals surface area contributed by atoms with Gasteiger partial charge < -0.3 is 23.9 Å². The van der Waals surface area contributed by atoms with Crippen molar-refractivity contribution in [3.63, 3.8) is 0 Å². The number of ether oxygens (including phenoxy) is 3. The van der Waals surface area contributed by atoms with Crippen molar-refractivity contribution >= 4 is 5.97 Å². The third kappa shape index (κ3) is 4.95. The summed E-state index contributed by atoms with van der Waals surface area (Å²) in [4.78, 5) is 24.3. The number of aromatic carboxylic acids is 1. The molecule has 0 amide bonds. The van der Waals surface area contributed by atoms with Gasteiger partial charge in [0.1, 0.15) is 5.56 Å². The van der Waals surface area contributed by atoms with Crippen molar-refractivity contribution in [1.82, 2.24) is 14.3 Å². The third-order valence-electron chi connectivity index (χ3n) is 6.49. The van der Waals surface area contributed by atoms with Crippen LogP contribution in [0.3, 0.4) is 0 Å². The first-order chi connectivity index (χ1) is 16.7. The lowest BCUT2D eigenvalue weighted by Gasteiger charge is -2.40. The lowest BCUT2D eigenvalue weighted by molar-refractivity contribution is 0.0615. The first-order valence-corrected chi connectivity index (χ1v) is 11.5. The number of hydrogen-bond donors (Lipinski definition) is 1. The zero-order valence-corrected chi connectivity index (χ0v) is 20.5. The number of carboxylic acid groups (broad SMARTS) is 1. The molecule has 1 atom stereocenters. The van der Waals surface area contributed by atoms with Crippen molar-refractivity contribution in [3.05, 3.63) is 64.2 Å². The lowest BCUT2D eigenvalue weighted by Crippen LogP contribution is -2.37. The number of pyridine rings is 1. The van der Waals surface area contributed by atoms with Crippen molar-refractivity contribution < 1.29 is 24.1 Å². The second-order valence-corrected chi connectivity index (χ2v) is 9.42. The molecule has 9 nitrogen and oxygen atoms in total. The second-order valence-electron chi connectivity index (χ2n) is 9.42. The number of rotatable bonds is 10. The highest BCUT2D eigenvalue weighted by molar-refractivity contribution is 5.88. The van der Waals surface area contributed by atoms with E-state index in [9.17, 15) is 14.7 Å². The van der Waals surface area contributed by atoms with Crippen LogP contribution in [-0.4, -0.2) is 52.9 Å². The van der Waals surface area contributed by atoms with E-state index in [4.69, 9.17) is 14.2 Å². The summed E-state index contributed by atoms with van der Waals surface area (Å²) in [5, 5.41) is 13.8. The average molecular weight is 482 g/mol. The van der Waals surface area contributed by atoms with Gasteiger partial charge in [-0.05, 0) is 30.2 Å². The zero-order chi connectivity index (χ0) is 25.2. The van der Waals surface area contributed by atoms with Gasteiger partial charge in [0.05, 0.1) is 26.0 Å². The Balaban J connectivity index is 1.72. The van der Waals surface area contributed by atoms with Crippen LogP contribution in [0.1, 0.15) is 42.2 Å². The van der Waals surface area contributed by atoms with Crippen molar-refractivity contribution in [2.75, 3.05) is 27.4 Å². The number of carboxylic acids is 1. The number of aromatic nitrogens is 3. The number of nitrogens with zero attached hydrogens (tertiary/aromatic N) is 3. The highest BCUT2D eigenvalue weighted by atomic mass is 16.5. The molecule has 0 bridgehead atoms. The van der Waals surface area contributed by atoms with E-state index in [-0.39, 0.29) is 17.0 Å². The molecule has 3 aromatic rings. The standard InChI is InChI=1S/C26H31N3O6/c1-26(2,16-33-3)24-12-17-11-23(35-10-6-9-28-8-5-7-27-28)22(34-4)13-18(17)20-14-21(30)19(25(31)32)15-29(20)24/h5,7-8,11,13-15,24H,6,9-10,12,16H2,1-4H3,(H,31,32). The summed E-state index contributed by atoms with van der Waals surface area (Å²) in [6.07, 6.45) is 6.51. The molecule has 0 saturated carbocycles. The molecule has 2 aromatic heterocycles. The fourth-order valence-electron chi connectivity index (χ4n) is 4.73. The molecule has 3 heterocycles. The van der Waals surface area contributed by atoms with Gasteiger partial charge in [-0.25, -0.2) is 4.79 Å². The molecule has 1 N–H and O–H groups in total. The number of aryl methyl sites for hydroxylation is 1. The van der Waals surface area contributed by atoms with Crippen molar-refractivity contribution in [2.45, 2.75) is 39.3 Å². The van der Waals surface area contributed by atoms with E-state index < -0.39 is 11.4 Å². The van der Waals surface area contributed by atoms with E-state index in [0.717, 1.165) is 24.1 Å². The van der Waals surface area contributed by atoms with Crippen LogP contribution in [0.2, 0.25) is 0 Å². The molecular weight excluding hydrogens is 450 g/mol. The number of fused-ring (bicyclic) bond motifs is 3. The van der Waals surface area contributed by atoms with Crippen LogP contribution in [0.4, 0.5) is 0 Å². The molecule has 9 heteroatoms. The minimum absolute atomic E-state index is 0.135. The smallest absolute Gasteiger partial charge is 0.341 e. The van der Waals surface area contributed by atoms with Crippen LogP contribution in [0.25, 0.3) is 11.3 Å². The fraction of sp³-hybridized carbons (Fsp3) is 0.423. The summed E-state index contributed by atoms with van der Waals surface area (Å²) in [5.74, 6) is -0.0532. The van der Waals surface area contributed by atoms with Crippen LogP contribution in [-0.2, 0) is 17.7 Å². The van der Waals surface area contributed by atoms with Crippen molar-refractivity contribution in [3.8, 4) is 22.8 Å². The van der Waals surface area contributed by atoms with Gasteiger partial charge in [0.25, 0.3) is 0 Å². The molecule has 1 aliphatic heterocycles. The molecule has 0 saturated heterocycles.